The highest BCUT2D eigenvalue weighted by Crippen LogP contribution is 2.44. The highest BCUT2D eigenvalue weighted by atomic mass is 32.2. The molecule has 0 radical (unpaired) electrons. The summed E-state index contributed by atoms with van der Waals surface area (Å²) >= 11 is 1.35. The average Bonchev–Trinajstić information content (AvgIpc) is 3.27. The van der Waals surface area contributed by atoms with Crippen LogP contribution in [0.5, 0.6) is 0 Å². The minimum absolute atomic E-state index is 0.102. The number of benzene rings is 1. The number of amides is 2. The SMILES string of the molecule is CC[C@@H]1S[C@H](c2ccc(F)cc2F)N(CCN(C)C(=O)c2ccco2)C1=O. The van der Waals surface area contributed by atoms with Crippen molar-refractivity contribution in [2.75, 3.05) is 20.1 Å². The number of furan rings is 1. The Morgan fingerprint density at radius 1 is 1.33 bits per heavy atom. The Hall–Kier alpha value is -2.35. The summed E-state index contributed by atoms with van der Waals surface area (Å²) in [5.74, 6) is -1.52. The molecule has 0 bridgehead atoms. The first kappa shape index (κ1) is 19.4. The zero-order valence-corrected chi connectivity index (χ0v) is 15.8. The van der Waals surface area contributed by atoms with Gasteiger partial charge in [0.2, 0.25) is 5.91 Å². The topological polar surface area (TPSA) is 53.8 Å². The van der Waals surface area contributed by atoms with Gasteiger partial charge in [-0.1, -0.05) is 13.0 Å². The van der Waals surface area contributed by atoms with Gasteiger partial charge in [0.1, 0.15) is 17.0 Å². The van der Waals surface area contributed by atoms with Gasteiger partial charge in [0.05, 0.1) is 11.5 Å². The lowest BCUT2D eigenvalue weighted by atomic mass is 10.1. The van der Waals surface area contributed by atoms with Crippen molar-refractivity contribution in [1.29, 1.82) is 0 Å². The average molecular weight is 394 g/mol. The Morgan fingerprint density at radius 2 is 2.11 bits per heavy atom. The van der Waals surface area contributed by atoms with Crippen LogP contribution in [0.4, 0.5) is 8.78 Å². The Morgan fingerprint density at radius 3 is 2.74 bits per heavy atom. The first-order chi connectivity index (χ1) is 12.9. The Kier molecular flexibility index (Phi) is 5.84. The van der Waals surface area contributed by atoms with Gasteiger partial charge >= 0.3 is 0 Å². The van der Waals surface area contributed by atoms with E-state index in [1.165, 1.54) is 35.1 Å². The van der Waals surface area contributed by atoms with Gasteiger partial charge in [0.25, 0.3) is 5.91 Å². The van der Waals surface area contributed by atoms with E-state index in [2.05, 4.69) is 0 Å². The van der Waals surface area contributed by atoms with E-state index in [9.17, 15) is 18.4 Å². The van der Waals surface area contributed by atoms with Crippen molar-refractivity contribution in [3.63, 3.8) is 0 Å². The Labute approximate surface area is 160 Å². The number of thioether (sulfide) groups is 1. The van der Waals surface area contributed by atoms with Crippen LogP contribution in [0.15, 0.2) is 41.0 Å². The lowest BCUT2D eigenvalue weighted by Crippen LogP contribution is -2.39. The second-order valence-electron chi connectivity index (χ2n) is 6.29. The van der Waals surface area contributed by atoms with Crippen LogP contribution in [-0.2, 0) is 4.79 Å². The summed E-state index contributed by atoms with van der Waals surface area (Å²) in [5.41, 5.74) is 0.269. The molecule has 1 aliphatic heterocycles. The molecule has 27 heavy (non-hydrogen) atoms. The quantitative estimate of drug-likeness (QED) is 0.750. The predicted octanol–water partition coefficient (Wildman–Crippen LogP) is 3.68. The standard InChI is InChI=1S/C19H20F2N2O3S/c1-3-16-18(25)23(9-8-22(2)17(24)15-5-4-10-26-15)19(27-16)13-7-6-12(20)11-14(13)21/h4-7,10-11,16,19H,3,8-9H2,1-2H3/t16-,19+/m0/s1. The number of halogens is 2. The van der Waals surface area contributed by atoms with E-state index in [0.717, 1.165) is 6.07 Å². The molecule has 2 atom stereocenters. The summed E-state index contributed by atoms with van der Waals surface area (Å²) in [6.45, 7) is 2.40. The molecular formula is C19H20F2N2O3S. The highest BCUT2D eigenvalue weighted by molar-refractivity contribution is 8.01. The van der Waals surface area contributed by atoms with E-state index in [-0.39, 0.29) is 41.5 Å². The van der Waals surface area contributed by atoms with Crippen molar-refractivity contribution >= 4 is 23.6 Å². The van der Waals surface area contributed by atoms with Crippen LogP contribution in [0.25, 0.3) is 0 Å². The van der Waals surface area contributed by atoms with Crippen LogP contribution in [0, 0.1) is 11.6 Å². The number of carbonyl (C=O) groups is 2. The third-order valence-electron chi connectivity index (χ3n) is 4.49. The largest absolute Gasteiger partial charge is 0.459 e. The smallest absolute Gasteiger partial charge is 0.289 e. The van der Waals surface area contributed by atoms with Crippen LogP contribution >= 0.6 is 11.8 Å². The molecule has 1 saturated heterocycles. The predicted molar refractivity (Wildman–Crippen MR) is 98.2 cm³/mol. The van der Waals surface area contributed by atoms with E-state index in [1.807, 2.05) is 6.92 Å². The molecule has 1 fully saturated rings. The van der Waals surface area contributed by atoms with Crippen LogP contribution in [0.1, 0.15) is 34.8 Å². The summed E-state index contributed by atoms with van der Waals surface area (Å²) < 4.78 is 32.6. The summed E-state index contributed by atoms with van der Waals surface area (Å²) in [7, 11) is 1.61. The molecule has 0 N–H and O–H groups in total. The second-order valence-corrected chi connectivity index (χ2v) is 7.57. The lowest BCUT2D eigenvalue weighted by Gasteiger charge is -2.27. The normalized spacial score (nSPS) is 19.6. The lowest BCUT2D eigenvalue weighted by molar-refractivity contribution is -0.130. The van der Waals surface area contributed by atoms with Gasteiger partial charge in [-0.15, -0.1) is 11.8 Å². The molecule has 1 aliphatic rings. The Balaban J connectivity index is 1.76. The van der Waals surface area contributed by atoms with Crippen LogP contribution in [0.3, 0.4) is 0 Å². The van der Waals surface area contributed by atoms with Crippen LogP contribution < -0.4 is 0 Å². The highest BCUT2D eigenvalue weighted by Gasteiger charge is 2.41. The zero-order chi connectivity index (χ0) is 19.6. The number of hydrogen-bond donors (Lipinski definition) is 0. The first-order valence-corrected chi connectivity index (χ1v) is 9.56. The van der Waals surface area contributed by atoms with Crippen LogP contribution in [0.2, 0.25) is 0 Å². The van der Waals surface area contributed by atoms with Crippen molar-refractivity contribution in [3.05, 3.63) is 59.6 Å². The number of carbonyl (C=O) groups excluding carboxylic acids is 2. The van der Waals surface area contributed by atoms with Gasteiger partial charge in [0.15, 0.2) is 5.76 Å². The Bertz CT molecular complexity index is 828. The molecule has 2 heterocycles. The maximum absolute atomic E-state index is 14.3. The van der Waals surface area contributed by atoms with Gasteiger partial charge in [-0.2, -0.15) is 0 Å². The fraction of sp³-hybridized carbons (Fsp3) is 0.368. The fourth-order valence-electron chi connectivity index (χ4n) is 2.98. The summed E-state index contributed by atoms with van der Waals surface area (Å²) in [6.07, 6.45) is 2.03. The minimum Gasteiger partial charge on any atom is -0.459 e. The number of rotatable bonds is 6. The van der Waals surface area contributed by atoms with Gasteiger partial charge in [-0.05, 0) is 24.6 Å². The maximum Gasteiger partial charge on any atom is 0.289 e. The monoisotopic (exact) mass is 394 g/mol. The van der Waals surface area contributed by atoms with Gasteiger partial charge in [-0.3, -0.25) is 9.59 Å². The molecule has 0 aliphatic carbocycles. The van der Waals surface area contributed by atoms with Crippen molar-refractivity contribution in [2.45, 2.75) is 24.0 Å². The van der Waals surface area contributed by atoms with E-state index >= 15 is 0 Å². The van der Waals surface area contributed by atoms with Gasteiger partial charge in [-0.25, -0.2) is 8.78 Å². The van der Waals surface area contributed by atoms with Gasteiger partial charge < -0.3 is 14.2 Å². The van der Waals surface area contributed by atoms with Crippen molar-refractivity contribution in [2.24, 2.45) is 0 Å². The molecular weight excluding hydrogens is 374 g/mol. The van der Waals surface area contributed by atoms with Crippen LogP contribution in [-0.4, -0.2) is 47.0 Å². The zero-order valence-electron chi connectivity index (χ0n) is 15.0. The molecule has 1 aromatic carbocycles. The number of likely N-dealkylation sites (N-methyl/N-ethyl adjacent to an activating group) is 1. The molecule has 5 nitrogen and oxygen atoms in total. The fourth-order valence-corrected chi connectivity index (χ4v) is 4.43. The molecule has 2 amide bonds. The molecule has 0 unspecified atom stereocenters. The molecule has 8 heteroatoms. The minimum atomic E-state index is -0.679. The molecule has 1 aromatic heterocycles. The summed E-state index contributed by atoms with van der Waals surface area (Å²) in [5, 5.41) is -0.833. The van der Waals surface area contributed by atoms with E-state index in [4.69, 9.17) is 4.42 Å². The van der Waals surface area contributed by atoms with Crippen molar-refractivity contribution < 1.29 is 22.8 Å². The van der Waals surface area contributed by atoms with Crippen molar-refractivity contribution in [1.82, 2.24) is 9.80 Å². The van der Waals surface area contributed by atoms with E-state index in [1.54, 1.807) is 24.1 Å². The third kappa shape index (κ3) is 4.00. The van der Waals surface area contributed by atoms with E-state index in [0.29, 0.717) is 6.42 Å². The van der Waals surface area contributed by atoms with E-state index < -0.39 is 17.0 Å². The molecule has 144 valence electrons. The summed E-state index contributed by atoms with van der Waals surface area (Å²) in [6, 6.07) is 6.58. The number of nitrogens with zero attached hydrogens (tertiary/aromatic N) is 2. The molecule has 0 spiro atoms. The maximum atomic E-state index is 14.3. The molecule has 3 rings (SSSR count). The molecule has 2 aromatic rings. The van der Waals surface area contributed by atoms with Crippen molar-refractivity contribution in [3.8, 4) is 0 Å². The second kappa shape index (κ2) is 8.12. The number of hydrogen-bond acceptors (Lipinski definition) is 4. The summed E-state index contributed by atoms with van der Waals surface area (Å²) in [4.78, 5) is 28.0. The first-order valence-electron chi connectivity index (χ1n) is 8.62. The third-order valence-corrected chi connectivity index (χ3v) is 6.12. The van der Waals surface area contributed by atoms with Gasteiger partial charge in [0, 0.05) is 31.8 Å². The molecule has 0 saturated carbocycles.